The number of carbonyl (C=O) groups excluding carboxylic acids is 1. The molecule has 0 atom stereocenters. The van der Waals surface area contributed by atoms with Gasteiger partial charge in [-0.1, -0.05) is 0 Å². The van der Waals surface area contributed by atoms with E-state index in [9.17, 15) is 9.59 Å². The van der Waals surface area contributed by atoms with Gasteiger partial charge in [-0.25, -0.2) is 9.97 Å². The predicted octanol–water partition coefficient (Wildman–Crippen LogP) is 2.41. The molecule has 0 unspecified atom stereocenters. The zero-order valence-corrected chi connectivity index (χ0v) is 15.9. The van der Waals surface area contributed by atoms with E-state index < -0.39 is 0 Å². The Morgan fingerprint density at radius 3 is 2.89 bits per heavy atom. The van der Waals surface area contributed by atoms with Gasteiger partial charge in [-0.15, -0.1) is 11.3 Å². The Morgan fingerprint density at radius 1 is 1.26 bits per heavy atom. The third-order valence-corrected chi connectivity index (χ3v) is 5.23. The summed E-state index contributed by atoms with van der Waals surface area (Å²) >= 11 is 1.57. The summed E-state index contributed by atoms with van der Waals surface area (Å²) in [6, 6.07) is 3.52. The second-order valence-electron chi connectivity index (χ2n) is 6.31. The Balaban J connectivity index is 1.55. The van der Waals surface area contributed by atoms with Crippen LogP contribution < -0.4 is 10.7 Å². The molecule has 0 aliphatic carbocycles. The lowest BCUT2D eigenvalue weighted by Gasteiger charge is -2.11. The molecule has 4 aromatic heterocycles. The molecule has 4 rings (SSSR count). The highest BCUT2D eigenvalue weighted by atomic mass is 32.1. The number of nitrogens with zero attached hydrogens (tertiary/aromatic N) is 4. The van der Waals surface area contributed by atoms with E-state index in [1.54, 1.807) is 29.7 Å². The van der Waals surface area contributed by atoms with E-state index in [2.05, 4.69) is 15.3 Å². The first kappa shape index (κ1) is 17.4. The lowest BCUT2D eigenvalue weighted by Crippen LogP contribution is -2.31. The highest BCUT2D eigenvalue weighted by Gasteiger charge is 2.16. The van der Waals surface area contributed by atoms with Gasteiger partial charge in [0.2, 0.25) is 5.43 Å². The van der Waals surface area contributed by atoms with Crippen LogP contribution in [0, 0.1) is 6.92 Å². The number of rotatable bonds is 5. The van der Waals surface area contributed by atoms with Crippen molar-refractivity contribution in [2.75, 3.05) is 6.54 Å². The Morgan fingerprint density at radius 2 is 2.11 bits per heavy atom. The van der Waals surface area contributed by atoms with Gasteiger partial charge in [0.1, 0.15) is 11.2 Å². The Labute approximate surface area is 159 Å². The average Bonchev–Trinajstić information content (AvgIpc) is 3.23. The van der Waals surface area contributed by atoms with Crippen molar-refractivity contribution in [3.8, 4) is 0 Å². The van der Waals surface area contributed by atoms with Crippen LogP contribution in [-0.2, 0) is 13.0 Å². The topological polar surface area (TPSA) is 81.3 Å². The van der Waals surface area contributed by atoms with Crippen LogP contribution in [0.5, 0.6) is 0 Å². The summed E-state index contributed by atoms with van der Waals surface area (Å²) in [5.74, 6) is -0.370. The Bertz CT molecular complexity index is 1180. The van der Waals surface area contributed by atoms with E-state index in [0.29, 0.717) is 30.5 Å². The molecule has 0 aromatic carbocycles. The number of imidazole rings is 1. The molecule has 0 bridgehead atoms. The van der Waals surface area contributed by atoms with Gasteiger partial charge < -0.3 is 9.88 Å². The van der Waals surface area contributed by atoms with Gasteiger partial charge >= 0.3 is 0 Å². The lowest BCUT2D eigenvalue weighted by molar-refractivity contribution is 0.0952. The zero-order chi connectivity index (χ0) is 19.0. The first-order valence-electron chi connectivity index (χ1n) is 8.77. The van der Waals surface area contributed by atoms with Crippen LogP contribution in [0.15, 0.2) is 40.9 Å². The average molecular weight is 381 g/mol. The minimum Gasteiger partial charge on any atom is -0.351 e. The fraction of sp³-hybridized carbons (Fsp3) is 0.263. The van der Waals surface area contributed by atoms with E-state index >= 15 is 0 Å². The second kappa shape index (κ2) is 6.96. The molecule has 0 spiro atoms. The van der Waals surface area contributed by atoms with Gasteiger partial charge in [0.15, 0.2) is 4.96 Å². The normalized spacial score (nSPS) is 11.3. The van der Waals surface area contributed by atoms with Gasteiger partial charge in [-0.05, 0) is 26.0 Å². The maximum Gasteiger partial charge on any atom is 0.256 e. The highest BCUT2D eigenvalue weighted by Crippen LogP contribution is 2.12. The summed E-state index contributed by atoms with van der Waals surface area (Å²) in [4.78, 5) is 35.2. The van der Waals surface area contributed by atoms with Crippen molar-refractivity contribution >= 4 is 33.2 Å². The molecule has 7 nitrogen and oxygen atoms in total. The van der Waals surface area contributed by atoms with Gasteiger partial charge in [-0.2, -0.15) is 0 Å². The summed E-state index contributed by atoms with van der Waals surface area (Å²) in [5, 5.41) is 5.27. The van der Waals surface area contributed by atoms with Crippen LogP contribution in [0.4, 0.5) is 0 Å². The molecule has 27 heavy (non-hydrogen) atoms. The maximum absolute atomic E-state index is 12.7. The van der Waals surface area contributed by atoms with Crippen LogP contribution in [-0.4, -0.2) is 31.4 Å². The molecular formula is C19H19N5O2S. The lowest BCUT2D eigenvalue weighted by atomic mass is 10.1. The molecule has 138 valence electrons. The Kier molecular flexibility index (Phi) is 4.49. The van der Waals surface area contributed by atoms with Gasteiger partial charge in [0, 0.05) is 49.2 Å². The molecule has 8 heteroatoms. The molecular weight excluding hydrogens is 362 g/mol. The molecule has 1 N–H and O–H groups in total. The number of pyridine rings is 2. The number of carbonyl (C=O) groups is 1. The van der Waals surface area contributed by atoms with Crippen LogP contribution in [0.25, 0.3) is 16.0 Å². The molecule has 4 heterocycles. The molecule has 0 aliphatic heterocycles. The summed E-state index contributed by atoms with van der Waals surface area (Å²) in [6.07, 6.45) is 6.11. The first-order chi connectivity index (χ1) is 13.1. The van der Waals surface area contributed by atoms with E-state index in [4.69, 9.17) is 0 Å². The van der Waals surface area contributed by atoms with Crippen molar-refractivity contribution in [2.24, 2.45) is 0 Å². The number of aromatic nitrogens is 4. The fourth-order valence-corrected chi connectivity index (χ4v) is 3.78. The maximum atomic E-state index is 12.7. The SMILES string of the molecule is CCn1cc(C(=O)NCCc2cn3ccsc3n2)c(=O)c2ccc(C)nc21. The smallest absolute Gasteiger partial charge is 0.256 e. The van der Waals surface area contributed by atoms with Crippen molar-refractivity contribution < 1.29 is 4.79 Å². The number of aryl methyl sites for hydroxylation is 2. The van der Waals surface area contributed by atoms with Crippen molar-refractivity contribution in [3.05, 3.63) is 63.3 Å². The fourth-order valence-electron chi connectivity index (χ4n) is 3.06. The molecule has 4 aromatic rings. The summed E-state index contributed by atoms with van der Waals surface area (Å²) in [6.45, 7) is 4.88. The molecule has 0 radical (unpaired) electrons. The van der Waals surface area contributed by atoms with Gasteiger partial charge in [0.25, 0.3) is 5.91 Å². The zero-order valence-electron chi connectivity index (χ0n) is 15.1. The molecule has 1 amide bonds. The van der Waals surface area contributed by atoms with E-state index in [1.807, 2.05) is 40.6 Å². The second-order valence-corrected chi connectivity index (χ2v) is 7.19. The molecule has 0 saturated heterocycles. The predicted molar refractivity (Wildman–Crippen MR) is 106 cm³/mol. The van der Waals surface area contributed by atoms with Crippen LogP contribution >= 0.6 is 11.3 Å². The van der Waals surface area contributed by atoms with Gasteiger partial charge in [0.05, 0.1) is 11.1 Å². The van der Waals surface area contributed by atoms with Crippen molar-refractivity contribution in [1.82, 2.24) is 24.3 Å². The van der Waals surface area contributed by atoms with Crippen LogP contribution in [0.3, 0.4) is 0 Å². The van der Waals surface area contributed by atoms with Crippen molar-refractivity contribution in [3.63, 3.8) is 0 Å². The number of amides is 1. The van der Waals surface area contributed by atoms with E-state index in [-0.39, 0.29) is 16.9 Å². The monoisotopic (exact) mass is 381 g/mol. The number of nitrogens with one attached hydrogen (secondary N) is 1. The van der Waals surface area contributed by atoms with Crippen LogP contribution in [0.1, 0.15) is 28.7 Å². The van der Waals surface area contributed by atoms with Gasteiger partial charge in [-0.3, -0.25) is 14.0 Å². The highest BCUT2D eigenvalue weighted by molar-refractivity contribution is 7.15. The first-order valence-corrected chi connectivity index (χ1v) is 9.65. The quantitative estimate of drug-likeness (QED) is 0.576. The number of fused-ring (bicyclic) bond motifs is 2. The third kappa shape index (κ3) is 3.23. The largest absolute Gasteiger partial charge is 0.351 e. The molecule has 0 saturated carbocycles. The van der Waals surface area contributed by atoms with E-state index in [1.165, 1.54) is 0 Å². The number of hydrogen-bond donors (Lipinski definition) is 1. The summed E-state index contributed by atoms with van der Waals surface area (Å²) in [5.41, 5.74) is 2.20. The third-order valence-electron chi connectivity index (χ3n) is 4.46. The minimum atomic E-state index is -0.370. The van der Waals surface area contributed by atoms with Crippen molar-refractivity contribution in [2.45, 2.75) is 26.8 Å². The molecule has 0 fully saturated rings. The Hall–Kier alpha value is -3.00. The number of thiazole rings is 1. The summed E-state index contributed by atoms with van der Waals surface area (Å²) < 4.78 is 3.79. The van der Waals surface area contributed by atoms with E-state index in [0.717, 1.165) is 16.3 Å². The summed E-state index contributed by atoms with van der Waals surface area (Å²) in [7, 11) is 0. The van der Waals surface area contributed by atoms with Crippen LogP contribution in [0.2, 0.25) is 0 Å². The van der Waals surface area contributed by atoms with Crippen molar-refractivity contribution in [1.29, 1.82) is 0 Å². The number of hydrogen-bond acceptors (Lipinski definition) is 5. The standard InChI is InChI=1S/C19H19N5O2S/c1-3-23-11-15(16(25)14-5-4-12(2)21-17(14)23)18(26)20-7-6-13-10-24-8-9-27-19(24)22-13/h4-5,8-11H,3,6-7H2,1-2H3,(H,20,26). The molecule has 0 aliphatic rings. The minimum absolute atomic E-state index is 0.140.